The Hall–Kier alpha value is -1.92. The molecule has 146 valence electrons. The Bertz CT molecular complexity index is 1020. The van der Waals surface area contributed by atoms with E-state index in [1.54, 1.807) is 16.8 Å². The zero-order valence-corrected chi connectivity index (χ0v) is 17.4. The Morgan fingerprint density at radius 1 is 1.04 bits per heavy atom. The monoisotopic (exact) mass is 437 g/mol. The zero-order valence-electron chi connectivity index (χ0n) is 15.1. The maximum Gasteiger partial charge on any atom is 0.231 e. The molecule has 1 aliphatic heterocycles. The summed E-state index contributed by atoms with van der Waals surface area (Å²) in [6, 6.07) is 11.3. The number of aryl methyl sites for hydroxylation is 1. The van der Waals surface area contributed by atoms with Gasteiger partial charge in [-0.3, -0.25) is 0 Å². The first-order chi connectivity index (χ1) is 13.5. The maximum atomic E-state index is 6.58. The average Bonchev–Trinajstić information content (AvgIpc) is 3.23. The van der Waals surface area contributed by atoms with Crippen LogP contribution in [0.25, 0.3) is 0 Å². The molecule has 1 aliphatic rings. The summed E-state index contributed by atoms with van der Waals surface area (Å²) in [4.78, 5) is 0. The highest BCUT2D eigenvalue weighted by Crippen LogP contribution is 2.32. The van der Waals surface area contributed by atoms with Gasteiger partial charge >= 0.3 is 0 Å². The Balaban J connectivity index is 1.42. The Labute approximate surface area is 178 Å². The van der Waals surface area contributed by atoms with Crippen LogP contribution in [0.5, 0.6) is 11.5 Å². The number of aromatic nitrogens is 2. The molecule has 4 rings (SSSR count). The topological polar surface area (TPSA) is 48.3 Å². The van der Waals surface area contributed by atoms with Crippen molar-refractivity contribution in [2.75, 3.05) is 6.79 Å². The molecule has 0 saturated heterocycles. The summed E-state index contributed by atoms with van der Waals surface area (Å²) in [6.45, 7) is 3.99. The van der Waals surface area contributed by atoms with Crippen molar-refractivity contribution < 1.29 is 9.47 Å². The largest absolute Gasteiger partial charge is 0.454 e. The number of halogens is 3. The lowest BCUT2D eigenvalue weighted by molar-refractivity contribution is 0.174. The first-order valence-corrected chi connectivity index (χ1v) is 9.89. The Morgan fingerprint density at radius 2 is 1.86 bits per heavy atom. The van der Waals surface area contributed by atoms with Crippen molar-refractivity contribution in [2.24, 2.45) is 0 Å². The number of hydrogen-bond acceptors (Lipinski definition) is 4. The van der Waals surface area contributed by atoms with Gasteiger partial charge in [-0.25, -0.2) is 4.68 Å². The minimum Gasteiger partial charge on any atom is -0.454 e. The lowest BCUT2D eigenvalue weighted by Crippen LogP contribution is -2.13. The maximum absolute atomic E-state index is 6.58. The second kappa shape index (κ2) is 8.21. The van der Waals surface area contributed by atoms with Crippen molar-refractivity contribution in [3.05, 3.63) is 74.0 Å². The van der Waals surface area contributed by atoms with E-state index in [1.165, 1.54) is 0 Å². The highest BCUT2D eigenvalue weighted by molar-refractivity contribution is 6.35. The standard InChI is InChI=1S/C20H18Cl3N3O2/c1-12-16(9-24-8-13-2-5-18-19(6-13)28-11-27-18)20(23)26(25-12)10-14-3-4-15(21)7-17(14)22/h2-7,24H,8-11H2,1H3. The van der Waals surface area contributed by atoms with Crippen molar-refractivity contribution >= 4 is 34.8 Å². The SMILES string of the molecule is Cc1nn(Cc2ccc(Cl)cc2Cl)c(Cl)c1CNCc1ccc2c(c1)OCO2. The summed E-state index contributed by atoms with van der Waals surface area (Å²) in [5.41, 5.74) is 3.87. The van der Waals surface area contributed by atoms with E-state index in [4.69, 9.17) is 44.3 Å². The smallest absolute Gasteiger partial charge is 0.231 e. The second-order valence-corrected chi connectivity index (χ2v) is 7.74. The highest BCUT2D eigenvalue weighted by atomic mass is 35.5. The molecule has 1 N–H and O–H groups in total. The fourth-order valence-corrected chi connectivity index (χ4v) is 3.86. The van der Waals surface area contributed by atoms with Crippen LogP contribution < -0.4 is 14.8 Å². The quantitative estimate of drug-likeness (QED) is 0.573. The number of benzene rings is 2. The van der Waals surface area contributed by atoms with Gasteiger partial charge in [0.15, 0.2) is 11.5 Å². The molecule has 8 heteroatoms. The Kier molecular flexibility index (Phi) is 5.69. The van der Waals surface area contributed by atoms with E-state index in [2.05, 4.69) is 10.4 Å². The molecule has 2 aromatic carbocycles. The third kappa shape index (κ3) is 4.08. The van der Waals surface area contributed by atoms with Crippen molar-refractivity contribution in [3.8, 4) is 11.5 Å². The van der Waals surface area contributed by atoms with Crippen LogP contribution in [0.3, 0.4) is 0 Å². The van der Waals surface area contributed by atoms with Crippen molar-refractivity contribution in [1.29, 1.82) is 0 Å². The van der Waals surface area contributed by atoms with Gasteiger partial charge in [0.1, 0.15) is 5.15 Å². The molecule has 3 aromatic rings. The van der Waals surface area contributed by atoms with Crippen LogP contribution in [0.15, 0.2) is 36.4 Å². The lowest BCUT2D eigenvalue weighted by Gasteiger charge is -2.08. The fraction of sp³-hybridized carbons (Fsp3) is 0.250. The zero-order chi connectivity index (χ0) is 19.7. The van der Waals surface area contributed by atoms with Gasteiger partial charge in [0.25, 0.3) is 0 Å². The summed E-state index contributed by atoms with van der Waals surface area (Å²) in [7, 11) is 0. The third-order valence-electron chi connectivity index (χ3n) is 4.59. The van der Waals surface area contributed by atoms with E-state index < -0.39 is 0 Å². The molecule has 1 aromatic heterocycles. The predicted octanol–water partition coefficient (Wildman–Crippen LogP) is 5.22. The van der Waals surface area contributed by atoms with E-state index in [0.29, 0.717) is 34.8 Å². The number of rotatable bonds is 6. The molecule has 2 heterocycles. The number of nitrogens with one attached hydrogen (secondary N) is 1. The van der Waals surface area contributed by atoms with Crippen molar-refractivity contribution in [1.82, 2.24) is 15.1 Å². The van der Waals surface area contributed by atoms with Gasteiger partial charge in [-0.05, 0) is 42.3 Å². The van der Waals surface area contributed by atoms with Gasteiger partial charge in [-0.2, -0.15) is 5.10 Å². The van der Waals surface area contributed by atoms with E-state index in [0.717, 1.165) is 33.9 Å². The molecular formula is C20H18Cl3N3O2. The lowest BCUT2D eigenvalue weighted by atomic mass is 10.2. The van der Waals surface area contributed by atoms with Gasteiger partial charge in [0.05, 0.1) is 12.2 Å². The van der Waals surface area contributed by atoms with Crippen LogP contribution in [0.1, 0.15) is 22.4 Å². The van der Waals surface area contributed by atoms with E-state index in [9.17, 15) is 0 Å². The second-order valence-electron chi connectivity index (χ2n) is 6.54. The summed E-state index contributed by atoms with van der Waals surface area (Å²) >= 11 is 18.8. The van der Waals surface area contributed by atoms with Crippen LogP contribution >= 0.6 is 34.8 Å². The van der Waals surface area contributed by atoms with Crippen LogP contribution in [0.4, 0.5) is 0 Å². The molecule has 0 amide bonds. The van der Waals surface area contributed by atoms with Crippen LogP contribution in [-0.2, 0) is 19.6 Å². The first-order valence-electron chi connectivity index (χ1n) is 8.76. The van der Waals surface area contributed by atoms with Gasteiger partial charge in [-0.15, -0.1) is 0 Å². The number of ether oxygens (including phenoxy) is 2. The predicted molar refractivity (Wildman–Crippen MR) is 111 cm³/mol. The Morgan fingerprint density at radius 3 is 2.68 bits per heavy atom. The number of nitrogens with zero attached hydrogens (tertiary/aromatic N) is 2. The molecule has 0 atom stereocenters. The summed E-state index contributed by atoms with van der Waals surface area (Å²) in [6.07, 6.45) is 0. The first kappa shape index (κ1) is 19.4. The normalized spacial score (nSPS) is 12.6. The molecule has 0 spiro atoms. The molecule has 0 unspecified atom stereocenters. The summed E-state index contributed by atoms with van der Waals surface area (Å²) in [5.74, 6) is 1.56. The van der Waals surface area contributed by atoms with Crippen molar-refractivity contribution in [3.63, 3.8) is 0 Å². The van der Waals surface area contributed by atoms with E-state index in [-0.39, 0.29) is 6.79 Å². The van der Waals surface area contributed by atoms with Crippen LogP contribution in [0.2, 0.25) is 15.2 Å². The molecule has 0 radical (unpaired) electrons. The molecule has 5 nitrogen and oxygen atoms in total. The van der Waals surface area contributed by atoms with Gasteiger partial charge < -0.3 is 14.8 Å². The minimum absolute atomic E-state index is 0.276. The third-order valence-corrected chi connectivity index (χ3v) is 5.60. The number of hydrogen-bond donors (Lipinski definition) is 1. The van der Waals surface area contributed by atoms with Gasteiger partial charge in [-0.1, -0.05) is 46.9 Å². The van der Waals surface area contributed by atoms with Crippen molar-refractivity contribution in [2.45, 2.75) is 26.6 Å². The van der Waals surface area contributed by atoms with Crippen LogP contribution in [0, 0.1) is 6.92 Å². The number of fused-ring (bicyclic) bond motifs is 1. The van der Waals surface area contributed by atoms with E-state index in [1.807, 2.05) is 31.2 Å². The summed E-state index contributed by atoms with van der Waals surface area (Å²) < 4.78 is 12.5. The highest BCUT2D eigenvalue weighted by Gasteiger charge is 2.16. The van der Waals surface area contributed by atoms with Crippen LogP contribution in [-0.4, -0.2) is 16.6 Å². The molecule has 28 heavy (non-hydrogen) atoms. The van der Waals surface area contributed by atoms with E-state index >= 15 is 0 Å². The fourth-order valence-electron chi connectivity index (χ4n) is 3.09. The van der Waals surface area contributed by atoms with Gasteiger partial charge in [0.2, 0.25) is 6.79 Å². The summed E-state index contributed by atoms with van der Waals surface area (Å²) in [5, 5.41) is 9.76. The minimum atomic E-state index is 0.276. The molecule has 0 aliphatic carbocycles. The molecule has 0 bridgehead atoms. The molecular weight excluding hydrogens is 421 g/mol. The average molecular weight is 439 g/mol. The van der Waals surface area contributed by atoms with Gasteiger partial charge in [0, 0.05) is 28.7 Å². The molecule has 0 saturated carbocycles. The molecule has 0 fully saturated rings.